The number of aryl methyl sites for hydroxylation is 1. The number of carbonyl (C=O) groups excluding carboxylic acids is 1. The number of hydrogen-bond acceptors (Lipinski definition) is 6. The van der Waals surface area contributed by atoms with E-state index in [1.807, 2.05) is 0 Å². The second-order valence-corrected chi connectivity index (χ2v) is 7.88. The Hall–Kier alpha value is -2.30. The second kappa shape index (κ2) is 8.39. The van der Waals surface area contributed by atoms with Crippen LogP contribution in [0.4, 0.5) is 0 Å². The highest BCUT2D eigenvalue weighted by Gasteiger charge is 2.19. The first kappa shape index (κ1) is 18.5. The van der Waals surface area contributed by atoms with Crippen LogP contribution in [0.2, 0.25) is 0 Å². The number of rotatable bonds is 8. The average molecular weight is 378 g/mol. The zero-order chi connectivity index (χ0) is 18.4. The molecule has 1 atom stereocenters. The number of hydrogen-bond donors (Lipinski definition) is 3. The van der Waals surface area contributed by atoms with Gasteiger partial charge in [-0.15, -0.1) is 5.10 Å². The van der Waals surface area contributed by atoms with Crippen LogP contribution in [0.3, 0.4) is 0 Å². The Bertz CT molecular complexity index is 831. The third-order valence-corrected chi connectivity index (χ3v) is 5.59. The van der Waals surface area contributed by atoms with Gasteiger partial charge in [0.15, 0.2) is 0 Å². The summed E-state index contributed by atoms with van der Waals surface area (Å²) in [5, 5.41) is 13.6. The van der Waals surface area contributed by atoms with Crippen LogP contribution in [0, 0.1) is 0 Å². The number of benzene rings is 1. The monoisotopic (exact) mass is 378 g/mol. The Labute approximate surface area is 152 Å². The van der Waals surface area contributed by atoms with E-state index in [1.54, 1.807) is 29.2 Å². The third kappa shape index (κ3) is 4.87. The van der Waals surface area contributed by atoms with Crippen molar-refractivity contribution in [3.8, 4) is 0 Å². The Morgan fingerprint density at radius 3 is 3.00 bits per heavy atom. The van der Waals surface area contributed by atoms with E-state index in [1.165, 1.54) is 12.1 Å². The van der Waals surface area contributed by atoms with Crippen molar-refractivity contribution in [3.63, 3.8) is 0 Å². The Balaban J connectivity index is 1.57. The zero-order valence-electron chi connectivity index (χ0n) is 14.3. The number of nitrogens with zero attached hydrogens (tertiary/aromatic N) is 3. The number of amides is 1. The molecule has 3 N–H and O–H groups in total. The third-order valence-electron chi connectivity index (χ3n) is 4.13. The molecule has 9 nitrogen and oxygen atoms in total. The molecule has 1 saturated heterocycles. The fraction of sp³-hybridized carbons (Fsp3) is 0.438. The lowest BCUT2D eigenvalue weighted by Gasteiger charge is -2.12. The van der Waals surface area contributed by atoms with Gasteiger partial charge in [0.05, 0.1) is 11.1 Å². The van der Waals surface area contributed by atoms with Crippen molar-refractivity contribution in [1.29, 1.82) is 0 Å². The molecule has 1 fully saturated rings. The maximum absolute atomic E-state index is 12.4. The maximum atomic E-state index is 12.4. The summed E-state index contributed by atoms with van der Waals surface area (Å²) in [7, 11) is -3.67. The van der Waals surface area contributed by atoms with E-state index in [0.29, 0.717) is 18.5 Å². The van der Waals surface area contributed by atoms with Crippen molar-refractivity contribution in [2.75, 3.05) is 19.6 Å². The maximum Gasteiger partial charge on any atom is 0.251 e. The molecule has 0 aliphatic carbocycles. The van der Waals surface area contributed by atoms with Gasteiger partial charge < -0.3 is 10.6 Å². The van der Waals surface area contributed by atoms with E-state index in [9.17, 15) is 13.2 Å². The minimum absolute atomic E-state index is 0.0791. The topological polar surface area (TPSA) is 118 Å². The molecule has 0 spiro atoms. The second-order valence-electron chi connectivity index (χ2n) is 6.11. The summed E-state index contributed by atoms with van der Waals surface area (Å²) in [4.78, 5) is 12.4. The Kier molecular flexibility index (Phi) is 5.96. The summed E-state index contributed by atoms with van der Waals surface area (Å²) in [5.41, 5.74) is 0.336. The molecule has 26 heavy (non-hydrogen) atoms. The highest BCUT2D eigenvalue weighted by molar-refractivity contribution is 7.89. The van der Waals surface area contributed by atoms with Crippen molar-refractivity contribution >= 4 is 15.9 Å². The van der Waals surface area contributed by atoms with Crippen molar-refractivity contribution in [3.05, 3.63) is 42.2 Å². The van der Waals surface area contributed by atoms with Gasteiger partial charge in [-0.05, 0) is 37.6 Å². The largest absolute Gasteiger partial charge is 0.348 e. The molecule has 1 aliphatic rings. The first-order chi connectivity index (χ1) is 12.5. The normalized spacial score (nSPS) is 17.3. The lowest BCUT2D eigenvalue weighted by Crippen LogP contribution is -2.36. The van der Waals surface area contributed by atoms with Crippen LogP contribution in [0.15, 0.2) is 41.6 Å². The molecule has 2 heterocycles. The smallest absolute Gasteiger partial charge is 0.251 e. The van der Waals surface area contributed by atoms with Gasteiger partial charge >= 0.3 is 0 Å². The molecule has 0 bridgehead atoms. The van der Waals surface area contributed by atoms with Crippen molar-refractivity contribution in [2.45, 2.75) is 30.3 Å². The number of aromatic nitrogens is 3. The van der Waals surface area contributed by atoms with Crippen LogP contribution in [0.5, 0.6) is 0 Å². The van der Waals surface area contributed by atoms with Crippen LogP contribution in [-0.2, 0) is 16.6 Å². The zero-order valence-corrected chi connectivity index (χ0v) is 15.1. The molecular weight excluding hydrogens is 356 g/mol. The van der Waals surface area contributed by atoms with Crippen LogP contribution >= 0.6 is 0 Å². The van der Waals surface area contributed by atoms with Gasteiger partial charge in [0.25, 0.3) is 5.91 Å². The van der Waals surface area contributed by atoms with Crippen LogP contribution in [0.25, 0.3) is 0 Å². The Morgan fingerprint density at radius 2 is 2.27 bits per heavy atom. The number of sulfonamides is 1. The van der Waals surface area contributed by atoms with E-state index < -0.39 is 10.0 Å². The molecule has 2 aromatic rings. The fourth-order valence-corrected chi connectivity index (χ4v) is 3.85. The van der Waals surface area contributed by atoms with Crippen molar-refractivity contribution in [1.82, 2.24) is 30.3 Å². The molecule has 1 aromatic carbocycles. The van der Waals surface area contributed by atoms with Gasteiger partial charge in [-0.1, -0.05) is 11.3 Å². The molecule has 0 radical (unpaired) electrons. The van der Waals surface area contributed by atoms with Gasteiger partial charge in [-0.25, -0.2) is 13.1 Å². The van der Waals surface area contributed by atoms with E-state index >= 15 is 0 Å². The highest BCUT2D eigenvalue weighted by atomic mass is 32.2. The van der Waals surface area contributed by atoms with Crippen LogP contribution < -0.4 is 15.4 Å². The summed E-state index contributed by atoms with van der Waals surface area (Å²) in [6.45, 7) is 2.45. The van der Waals surface area contributed by atoms with E-state index in [4.69, 9.17) is 0 Å². The van der Waals surface area contributed by atoms with Gasteiger partial charge in [-0.2, -0.15) is 0 Å². The summed E-state index contributed by atoms with van der Waals surface area (Å²) in [5.74, 6) is -0.262. The average Bonchev–Trinajstić information content (AvgIpc) is 3.33. The van der Waals surface area contributed by atoms with Crippen LogP contribution in [0.1, 0.15) is 23.2 Å². The molecule has 10 heteroatoms. The fourth-order valence-electron chi connectivity index (χ4n) is 2.73. The molecule has 1 aromatic heterocycles. The van der Waals surface area contributed by atoms with Gasteiger partial charge in [0.1, 0.15) is 0 Å². The molecule has 0 saturated carbocycles. The molecule has 1 amide bonds. The molecule has 3 rings (SSSR count). The summed E-state index contributed by atoms with van der Waals surface area (Å²) >= 11 is 0. The van der Waals surface area contributed by atoms with Crippen molar-refractivity contribution < 1.29 is 13.2 Å². The summed E-state index contributed by atoms with van der Waals surface area (Å²) in [6, 6.07) is 6.15. The lowest BCUT2D eigenvalue weighted by atomic mass is 10.2. The van der Waals surface area contributed by atoms with Gasteiger partial charge in [0.2, 0.25) is 10.0 Å². The molecule has 1 aliphatic heterocycles. The van der Waals surface area contributed by atoms with Gasteiger partial charge in [-0.3, -0.25) is 9.48 Å². The highest BCUT2D eigenvalue weighted by Crippen LogP contribution is 2.12. The minimum Gasteiger partial charge on any atom is -0.348 e. The Morgan fingerprint density at radius 1 is 1.38 bits per heavy atom. The predicted octanol–water partition coefficient (Wildman–Crippen LogP) is -0.262. The summed E-state index contributed by atoms with van der Waals surface area (Å²) in [6.07, 6.45) is 4.74. The predicted molar refractivity (Wildman–Crippen MR) is 95.0 cm³/mol. The number of nitrogens with one attached hydrogen (secondary N) is 3. The van der Waals surface area contributed by atoms with Gasteiger partial charge in [0, 0.05) is 37.4 Å². The summed E-state index contributed by atoms with van der Waals surface area (Å²) < 4.78 is 29.0. The first-order valence-electron chi connectivity index (χ1n) is 8.50. The lowest BCUT2D eigenvalue weighted by molar-refractivity contribution is 0.0940. The SMILES string of the molecule is O=C(N[C@H]1CCNC1)c1cccc(S(=O)(=O)NCCCn2ccnn2)c1. The van der Waals surface area contributed by atoms with Crippen molar-refractivity contribution in [2.24, 2.45) is 0 Å². The quantitative estimate of drug-likeness (QED) is 0.545. The molecule has 0 unspecified atom stereocenters. The molecular formula is C16H22N6O3S. The first-order valence-corrected chi connectivity index (χ1v) is 9.98. The van der Waals surface area contributed by atoms with E-state index in [0.717, 1.165) is 19.5 Å². The minimum atomic E-state index is -3.67. The van der Waals surface area contributed by atoms with E-state index in [2.05, 4.69) is 25.7 Å². The number of carbonyl (C=O) groups is 1. The molecule has 140 valence electrons. The standard InChI is InChI=1S/C16H22N6O3S/c23-16(20-14-5-7-17-12-14)13-3-1-4-15(11-13)26(24,25)19-6-2-9-22-10-8-18-21-22/h1,3-4,8,10-11,14,17,19H,2,5-7,9,12H2,(H,20,23)/t14-/m0/s1. The van der Waals surface area contributed by atoms with E-state index in [-0.39, 0.29) is 23.4 Å². The van der Waals surface area contributed by atoms with Crippen LogP contribution in [-0.4, -0.2) is 55.0 Å².